The highest BCUT2D eigenvalue weighted by Gasteiger charge is 2.36. The van der Waals surface area contributed by atoms with Crippen molar-refractivity contribution in [2.45, 2.75) is 24.4 Å². The van der Waals surface area contributed by atoms with E-state index in [2.05, 4.69) is 15.0 Å². The third kappa shape index (κ3) is 4.33. The number of aryl methyl sites for hydroxylation is 1. The number of alkyl halides is 3. The average Bonchev–Trinajstić information content (AvgIpc) is 2.94. The van der Waals surface area contributed by atoms with Crippen LogP contribution >= 0.6 is 11.3 Å². The van der Waals surface area contributed by atoms with Gasteiger partial charge in [0.25, 0.3) is 0 Å². The number of aromatic nitrogens is 3. The summed E-state index contributed by atoms with van der Waals surface area (Å²) in [6.45, 7) is 1.70. The van der Waals surface area contributed by atoms with Crippen LogP contribution in [0.5, 0.6) is 0 Å². The highest BCUT2D eigenvalue weighted by molar-refractivity contribution is 7.90. The molecule has 2 aromatic heterocycles. The molecule has 142 valence electrons. The molecule has 3 rings (SSSR count). The summed E-state index contributed by atoms with van der Waals surface area (Å²) in [5.74, 6) is 0. The fraction of sp³-hybridized carbons (Fsp3) is 0.235. The van der Waals surface area contributed by atoms with Crippen LogP contribution in [-0.2, 0) is 22.4 Å². The van der Waals surface area contributed by atoms with Gasteiger partial charge in [-0.25, -0.2) is 13.4 Å². The third-order valence-corrected chi connectivity index (χ3v) is 6.10. The van der Waals surface area contributed by atoms with Gasteiger partial charge in [0.05, 0.1) is 31.7 Å². The van der Waals surface area contributed by atoms with E-state index < -0.39 is 26.5 Å². The second-order valence-corrected chi connectivity index (χ2v) is 8.94. The van der Waals surface area contributed by atoms with Crippen LogP contribution in [0.2, 0.25) is 0 Å². The van der Waals surface area contributed by atoms with Crippen molar-refractivity contribution in [2.24, 2.45) is 0 Å². The highest BCUT2D eigenvalue weighted by Crippen LogP contribution is 2.39. The summed E-state index contributed by atoms with van der Waals surface area (Å²) in [7, 11) is -4.01. The molecule has 0 radical (unpaired) electrons. The van der Waals surface area contributed by atoms with Gasteiger partial charge < -0.3 is 0 Å². The van der Waals surface area contributed by atoms with Crippen LogP contribution in [0.15, 0.2) is 41.7 Å². The predicted octanol–water partition coefficient (Wildman–Crippen LogP) is 3.92. The highest BCUT2D eigenvalue weighted by atomic mass is 32.2. The van der Waals surface area contributed by atoms with Gasteiger partial charge in [0.1, 0.15) is 0 Å². The third-order valence-electron chi connectivity index (χ3n) is 3.74. The van der Waals surface area contributed by atoms with Crippen LogP contribution in [-0.4, -0.2) is 29.6 Å². The normalized spacial score (nSPS) is 12.3. The standard InChI is InChI=1S/C17H14F3N3O2S2/c1-10-16(26-15(23-10)8-12-9-21-5-6-22-12)11-3-4-14(27(2,24)25)13(7-11)17(18,19)20/h3-7,9H,8H2,1-2H3. The maximum absolute atomic E-state index is 13.4. The van der Waals surface area contributed by atoms with Crippen molar-refractivity contribution >= 4 is 21.2 Å². The van der Waals surface area contributed by atoms with E-state index in [0.29, 0.717) is 27.7 Å². The van der Waals surface area contributed by atoms with Gasteiger partial charge in [0, 0.05) is 31.3 Å². The molecular formula is C17H14F3N3O2S2. The number of hydrogen-bond donors (Lipinski definition) is 0. The van der Waals surface area contributed by atoms with E-state index in [1.54, 1.807) is 25.5 Å². The van der Waals surface area contributed by atoms with E-state index in [1.165, 1.54) is 17.4 Å². The van der Waals surface area contributed by atoms with Gasteiger partial charge in [-0.2, -0.15) is 13.2 Å². The summed E-state index contributed by atoms with van der Waals surface area (Å²) in [4.78, 5) is 12.3. The monoisotopic (exact) mass is 413 g/mol. The zero-order chi connectivity index (χ0) is 19.8. The van der Waals surface area contributed by atoms with E-state index in [4.69, 9.17) is 0 Å². The molecule has 0 bridgehead atoms. The molecule has 0 aliphatic heterocycles. The molecule has 27 heavy (non-hydrogen) atoms. The molecule has 0 aliphatic rings. The lowest BCUT2D eigenvalue weighted by Crippen LogP contribution is -2.12. The van der Waals surface area contributed by atoms with Crippen LogP contribution in [0.4, 0.5) is 13.2 Å². The Morgan fingerprint density at radius 1 is 1.19 bits per heavy atom. The minimum atomic E-state index is -4.78. The molecule has 2 heterocycles. The minimum Gasteiger partial charge on any atom is -0.261 e. The topological polar surface area (TPSA) is 72.8 Å². The van der Waals surface area contributed by atoms with Gasteiger partial charge in [-0.3, -0.25) is 9.97 Å². The van der Waals surface area contributed by atoms with Gasteiger partial charge in [-0.05, 0) is 24.6 Å². The van der Waals surface area contributed by atoms with Crippen molar-refractivity contribution in [2.75, 3.05) is 6.26 Å². The molecule has 0 atom stereocenters. The summed E-state index contributed by atoms with van der Waals surface area (Å²) in [5.41, 5.74) is 0.362. The average molecular weight is 413 g/mol. The molecule has 0 spiro atoms. The number of halogens is 3. The lowest BCUT2D eigenvalue weighted by atomic mass is 10.1. The number of nitrogens with zero attached hydrogens (tertiary/aromatic N) is 3. The van der Waals surface area contributed by atoms with E-state index in [9.17, 15) is 21.6 Å². The number of benzene rings is 1. The largest absolute Gasteiger partial charge is 0.417 e. The van der Waals surface area contributed by atoms with Gasteiger partial charge in [-0.15, -0.1) is 11.3 Å². The molecule has 0 N–H and O–H groups in total. The Bertz CT molecular complexity index is 1080. The van der Waals surface area contributed by atoms with Crippen molar-refractivity contribution < 1.29 is 21.6 Å². The Balaban J connectivity index is 2.04. The number of thiazole rings is 1. The fourth-order valence-corrected chi connectivity index (χ4v) is 4.55. The lowest BCUT2D eigenvalue weighted by Gasteiger charge is -2.13. The van der Waals surface area contributed by atoms with Crippen LogP contribution in [0.3, 0.4) is 0 Å². The van der Waals surface area contributed by atoms with Gasteiger partial charge in [0.2, 0.25) is 0 Å². The fourth-order valence-electron chi connectivity index (χ4n) is 2.59. The number of hydrogen-bond acceptors (Lipinski definition) is 6. The van der Waals surface area contributed by atoms with Crippen molar-refractivity contribution in [3.63, 3.8) is 0 Å². The lowest BCUT2D eigenvalue weighted by molar-refractivity contribution is -0.139. The zero-order valence-corrected chi connectivity index (χ0v) is 15.9. The quantitative estimate of drug-likeness (QED) is 0.648. The Morgan fingerprint density at radius 2 is 1.93 bits per heavy atom. The van der Waals surface area contributed by atoms with Crippen molar-refractivity contribution in [3.8, 4) is 10.4 Å². The summed E-state index contributed by atoms with van der Waals surface area (Å²) in [5, 5.41) is 0.684. The molecule has 0 amide bonds. The molecule has 0 saturated carbocycles. The Hall–Kier alpha value is -2.33. The van der Waals surface area contributed by atoms with E-state index in [-0.39, 0.29) is 5.56 Å². The van der Waals surface area contributed by atoms with Crippen molar-refractivity contribution in [3.05, 3.63) is 58.7 Å². The first kappa shape index (κ1) is 19.4. The molecule has 1 aromatic carbocycles. The molecule has 0 saturated heterocycles. The van der Waals surface area contributed by atoms with Crippen LogP contribution in [0.25, 0.3) is 10.4 Å². The molecule has 0 fully saturated rings. The first-order valence-corrected chi connectivity index (χ1v) is 10.4. The van der Waals surface area contributed by atoms with Gasteiger partial charge >= 0.3 is 6.18 Å². The van der Waals surface area contributed by atoms with E-state index in [1.807, 2.05) is 0 Å². The minimum absolute atomic E-state index is 0.273. The SMILES string of the molecule is Cc1nc(Cc2cnccn2)sc1-c1ccc(S(C)(=O)=O)c(C(F)(F)F)c1. The smallest absolute Gasteiger partial charge is 0.261 e. The summed E-state index contributed by atoms with van der Waals surface area (Å²) >= 11 is 1.24. The van der Waals surface area contributed by atoms with Crippen LogP contribution in [0, 0.1) is 6.92 Å². The van der Waals surface area contributed by atoms with E-state index in [0.717, 1.165) is 18.4 Å². The van der Waals surface area contributed by atoms with Crippen LogP contribution < -0.4 is 0 Å². The maximum atomic E-state index is 13.4. The zero-order valence-electron chi connectivity index (χ0n) is 14.3. The van der Waals surface area contributed by atoms with Crippen LogP contribution in [0.1, 0.15) is 22.0 Å². The first-order valence-electron chi connectivity index (χ1n) is 7.68. The molecule has 3 aromatic rings. The van der Waals surface area contributed by atoms with Gasteiger partial charge in [-0.1, -0.05) is 6.07 Å². The summed E-state index contributed by atoms with van der Waals surface area (Å²) in [6, 6.07) is 3.23. The predicted molar refractivity (Wildman–Crippen MR) is 95.2 cm³/mol. The Kier molecular flexibility index (Phi) is 5.04. The summed E-state index contributed by atoms with van der Waals surface area (Å²) < 4.78 is 63.5. The second-order valence-electron chi connectivity index (χ2n) is 5.88. The Labute approximate surface area is 157 Å². The van der Waals surface area contributed by atoms with E-state index >= 15 is 0 Å². The van der Waals surface area contributed by atoms with Crippen molar-refractivity contribution in [1.82, 2.24) is 15.0 Å². The summed E-state index contributed by atoms with van der Waals surface area (Å²) in [6.07, 6.45) is 1.08. The van der Waals surface area contributed by atoms with Crippen molar-refractivity contribution in [1.29, 1.82) is 0 Å². The molecular weight excluding hydrogens is 399 g/mol. The molecule has 5 nitrogen and oxygen atoms in total. The molecule has 0 aliphatic carbocycles. The molecule has 0 unspecified atom stereocenters. The maximum Gasteiger partial charge on any atom is 0.417 e. The number of sulfone groups is 1. The van der Waals surface area contributed by atoms with Gasteiger partial charge in [0.15, 0.2) is 9.84 Å². The second kappa shape index (κ2) is 7.01. The number of rotatable bonds is 4. The Morgan fingerprint density at radius 3 is 2.52 bits per heavy atom. The first-order chi connectivity index (χ1) is 12.6. The molecule has 10 heteroatoms.